The van der Waals surface area contributed by atoms with Crippen molar-refractivity contribution in [2.24, 2.45) is 0 Å². The fraction of sp³-hybridized carbons (Fsp3) is 0.167. The summed E-state index contributed by atoms with van der Waals surface area (Å²) in [6.07, 6.45) is 3.59. The summed E-state index contributed by atoms with van der Waals surface area (Å²) in [6.45, 7) is 0.503. The quantitative estimate of drug-likeness (QED) is 0.841. The predicted molar refractivity (Wildman–Crippen MR) is 61.0 cm³/mol. The summed E-state index contributed by atoms with van der Waals surface area (Å²) in [7, 11) is 0. The van der Waals surface area contributed by atoms with Gasteiger partial charge in [-0.3, -0.25) is 4.79 Å². The van der Waals surface area contributed by atoms with Gasteiger partial charge in [-0.2, -0.15) is 0 Å². The molecule has 0 saturated heterocycles. The van der Waals surface area contributed by atoms with Gasteiger partial charge in [0.1, 0.15) is 11.5 Å². The molecular formula is C12H12FN3O. The van der Waals surface area contributed by atoms with E-state index in [0.717, 1.165) is 5.56 Å². The molecule has 4 nitrogen and oxygen atoms in total. The fourth-order valence-electron chi connectivity index (χ4n) is 1.45. The maximum absolute atomic E-state index is 12.6. The van der Waals surface area contributed by atoms with Gasteiger partial charge >= 0.3 is 0 Å². The zero-order valence-corrected chi connectivity index (χ0v) is 9.11. The lowest BCUT2D eigenvalue weighted by molar-refractivity contribution is 0.0949. The second-order valence-electron chi connectivity index (χ2n) is 3.60. The van der Waals surface area contributed by atoms with Gasteiger partial charge < -0.3 is 10.3 Å². The molecule has 1 heterocycles. The minimum absolute atomic E-state index is 0.190. The molecule has 0 saturated carbocycles. The zero-order valence-electron chi connectivity index (χ0n) is 9.11. The van der Waals surface area contributed by atoms with Crippen LogP contribution >= 0.6 is 0 Å². The standard InChI is InChI=1S/C12H12FN3O/c13-10-3-1-9(2-4-10)5-6-15-12(17)11-7-14-8-16-11/h1-4,7-8H,5-6H2,(H,14,16)(H,15,17). The Bertz CT molecular complexity index is 479. The average Bonchev–Trinajstić information content (AvgIpc) is 2.85. The zero-order chi connectivity index (χ0) is 12.1. The van der Waals surface area contributed by atoms with Crippen LogP contribution in [-0.2, 0) is 6.42 Å². The Balaban J connectivity index is 1.80. The smallest absolute Gasteiger partial charge is 0.269 e. The number of aromatic nitrogens is 2. The molecule has 1 aromatic heterocycles. The maximum atomic E-state index is 12.6. The lowest BCUT2D eigenvalue weighted by Gasteiger charge is -2.03. The molecule has 1 amide bonds. The predicted octanol–water partition coefficient (Wildman–Crippen LogP) is 1.52. The highest BCUT2D eigenvalue weighted by Gasteiger charge is 2.05. The van der Waals surface area contributed by atoms with Crippen molar-refractivity contribution >= 4 is 5.91 Å². The number of nitrogens with zero attached hydrogens (tertiary/aromatic N) is 1. The van der Waals surface area contributed by atoms with Crippen molar-refractivity contribution in [1.29, 1.82) is 0 Å². The molecule has 2 rings (SSSR count). The third kappa shape index (κ3) is 3.14. The molecule has 0 aliphatic heterocycles. The van der Waals surface area contributed by atoms with E-state index in [4.69, 9.17) is 0 Å². The van der Waals surface area contributed by atoms with Crippen LogP contribution in [0.2, 0.25) is 0 Å². The Hall–Kier alpha value is -2.17. The lowest BCUT2D eigenvalue weighted by Crippen LogP contribution is -2.25. The van der Waals surface area contributed by atoms with E-state index in [9.17, 15) is 9.18 Å². The fourth-order valence-corrected chi connectivity index (χ4v) is 1.45. The van der Waals surface area contributed by atoms with E-state index in [-0.39, 0.29) is 11.7 Å². The molecule has 88 valence electrons. The highest BCUT2D eigenvalue weighted by Crippen LogP contribution is 2.02. The Morgan fingerprint density at radius 2 is 2.12 bits per heavy atom. The van der Waals surface area contributed by atoms with E-state index in [1.165, 1.54) is 24.7 Å². The first-order valence-electron chi connectivity index (χ1n) is 5.27. The van der Waals surface area contributed by atoms with Gasteiger partial charge in [-0.15, -0.1) is 0 Å². The number of carbonyl (C=O) groups excluding carboxylic acids is 1. The Labute approximate surface area is 97.9 Å². The second kappa shape index (κ2) is 5.25. The average molecular weight is 233 g/mol. The molecule has 5 heteroatoms. The minimum Gasteiger partial charge on any atom is -0.350 e. The molecule has 0 atom stereocenters. The second-order valence-corrected chi connectivity index (χ2v) is 3.60. The number of nitrogens with one attached hydrogen (secondary N) is 2. The van der Waals surface area contributed by atoms with Crippen molar-refractivity contribution in [2.75, 3.05) is 6.54 Å². The third-order valence-corrected chi connectivity index (χ3v) is 2.36. The summed E-state index contributed by atoms with van der Waals surface area (Å²) in [6, 6.07) is 6.23. The van der Waals surface area contributed by atoms with E-state index >= 15 is 0 Å². The lowest BCUT2D eigenvalue weighted by atomic mass is 10.1. The van der Waals surface area contributed by atoms with Gasteiger partial charge in [-0.25, -0.2) is 9.37 Å². The first-order chi connectivity index (χ1) is 8.25. The SMILES string of the molecule is O=C(NCCc1ccc(F)cc1)c1cnc[nH]1. The summed E-state index contributed by atoms with van der Waals surface area (Å²) < 4.78 is 12.6. The normalized spacial score (nSPS) is 10.2. The van der Waals surface area contributed by atoms with Crippen LogP contribution in [0.15, 0.2) is 36.8 Å². The van der Waals surface area contributed by atoms with Crippen molar-refractivity contribution in [3.63, 3.8) is 0 Å². The maximum Gasteiger partial charge on any atom is 0.269 e. The molecule has 2 N–H and O–H groups in total. The van der Waals surface area contributed by atoms with E-state index in [1.807, 2.05) is 0 Å². The largest absolute Gasteiger partial charge is 0.350 e. The van der Waals surface area contributed by atoms with Gasteiger partial charge in [0.25, 0.3) is 5.91 Å². The highest BCUT2D eigenvalue weighted by molar-refractivity contribution is 5.91. The summed E-state index contributed by atoms with van der Waals surface area (Å²) >= 11 is 0. The van der Waals surface area contributed by atoms with Gasteiger partial charge in [-0.05, 0) is 24.1 Å². The van der Waals surface area contributed by atoms with Gasteiger partial charge in [-0.1, -0.05) is 12.1 Å². The molecule has 0 aliphatic carbocycles. The number of imidazole rings is 1. The van der Waals surface area contributed by atoms with Crippen molar-refractivity contribution in [3.05, 3.63) is 53.9 Å². The van der Waals surface area contributed by atoms with Gasteiger partial charge in [0, 0.05) is 6.54 Å². The Morgan fingerprint density at radius 3 is 2.76 bits per heavy atom. The van der Waals surface area contributed by atoms with Crippen LogP contribution in [0.25, 0.3) is 0 Å². The van der Waals surface area contributed by atoms with Gasteiger partial charge in [0.05, 0.1) is 12.5 Å². The first kappa shape index (κ1) is 11.3. The summed E-state index contributed by atoms with van der Waals surface area (Å²) in [5.74, 6) is -0.445. The minimum atomic E-state index is -0.254. The molecule has 0 unspecified atom stereocenters. The molecule has 0 spiro atoms. The number of hydrogen-bond donors (Lipinski definition) is 2. The van der Waals surface area contributed by atoms with Crippen molar-refractivity contribution in [1.82, 2.24) is 15.3 Å². The number of rotatable bonds is 4. The van der Waals surface area contributed by atoms with Crippen LogP contribution in [0.5, 0.6) is 0 Å². The van der Waals surface area contributed by atoms with Crippen molar-refractivity contribution in [3.8, 4) is 0 Å². The first-order valence-corrected chi connectivity index (χ1v) is 5.27. The van der Waals surface area contributed by atoms with Crippen LogP contribution in [0, 0.1) is 5.82 Å². The van der Waals surface area contributed by atoms with Gasteiger partial charge in [0.15, 0.2) is 0 Å². The number of amides is 1. The number of halogens is 1. The molecular weight excluding hydrogens is 221 g/mol. The molecule has 0 radical (unpaired) electrons. The molecule has 0 aliphatic rings. The summed E-state index contributed by atoms with van der Waals surface area (Å²) in [4.78, 5) is 18.0. The third-order valence-electron chi connectivity index (χ3n) is 2.36. The van der Waals surface area contributed by atoms with Crippen molar-refractivity contribution < 1.29 is 9.18 Å². The van der Waals surface area contributed by atoms with E-state index in [1.54, 1.807) is 12.1 Å². The molecule has 0 fully saturated rings. The Kier molecular flexibility index (Phi) is 3.49. The van der Waals surface area contributed by atoms with Crippen LogP contribution in [0.3, 0.4) is 0 Å². The monoisotopic (exact) mass is 233 g/mol. The number of H-pyrrole nitrogens is 1. The van der Waals surface area contributed by atoms with E-state index in [2.05, 4.69) is 15.3 Å². The number of benzene rings is 1. The van der Waals surface area contributed by atoms with Crippen LogP contribution in [0.1, 0.15) is 16.1 Å². The van der Waals surface area contributed by atoms with E-state index in [0.29, 0.717) is 18.7 Å². The molecule has 17 heavy (non-hydrogen) atoms. The molecule has 2 aromatic rings. The molecule has 0 bridgehead atoms. The Morgan fingerprint density at radius 1 is 1.35 bits per heavy atom. The number of hydrogen-bond acceptors (Lipinski definition) is 2. The summed E-state index contributed by atoms with van der Waals surface area (Å²) in [5, 5.41) is 2.74. The summed E-state index contributed by atoms with van der Waals surface area (Å²) in [5.41, 5.74) is 1.42. The van der Waals surface area contributed by atoms with Crippen molar-refractivity contribution in [2.45, 2.75) is 6.42 Å². The van der Waals surface area contributed by atoms with E-state index < -0.39 is 0 Å². The number of aromatic amines is 1. The van der Waals surface area contributed by atoms with Crippen LogP contribution in [-0.4, -0.2) is 22.4 Å². The van der Waals surface area contributed by atoms with Crippen LogP contribution in [0.4, 0.5) is 4.39 Å². The van der Waals surface area contributed by atoms with Gasteiger partial charge in [0.2, 0.25) is 0 Å². The van der Waals surface area contributed by atoms with Crippen LogP contribution < -0.4 is 5.32 Å². The topological polar surface area (TPSA) is 57.8 Å². The molecule has 1 aromatic carbocycles. The number of carbonyl (C=O) groups is 1. The highest BCUT2D eigenvalue weighted by atomic mass is 19.1.